The third-order valence-electron chi connectivity index (χ3n) is 5.34. The van der Waals surface area contributed by atoms with Gasteiger partial charge in [-0.2, -0.15) is 4.98 Å². The maximum absolute atomic E-state index is 13.1. The molecular formula is C22H24N4O3. The van der Waals surface area contributed by atoms with Gasteiger partial charge in [-0.3, -0.25) is 9.59 Å². The predicted molar refractivity (Wildman–Crippen MR) is 110 cm³/mol. The van der Waals surface area contributed by atoms with Gasteiger partial charge in [0.2, 0.25) is 5.91 Å². The lowest BCUT2D eigenvalue weighted by molar-refractivity contribution is -0.119. The average molecular weight is 392 g/mol. The zero-order valence-corrected chi connectivity index (χ0v) is 16.8. The molecule has 4 rings (SSSR count). The van der Waals surface area contributed by atoms with Crippen LogP contribution >= 0.6 is 0 Å². The van der Waals surface area contributed by atoms with Gasteiger partial charge in [0, 0.05) is 17.8 Å². The molecule has 7 heteroatoms. The minimum Gasteiger partial charge on any atom is -0.334 e. The minimum atomic E-state index is -0.646. The van der Waals surface area contributed by atoms with Gasteiger partial charge in [-0.1, -0.05) is 30.3 Å². The molecule has 150 valence electrons. The quantitative estimate of drug-likeness (QED) is 0.685. The smallest absolute Gasteiger partial charge is 0.264 e. The molecule has 7 nitrogen and oxygen atoms in total. The summed E-state index contributed by atoms with van der Waals surface area (Å²) in [5, 5.41) is 6.98. The number of hydrogen-bond donors (Lipinski definition) is 1. The monoisotopic (exact) mass is 392 g/mol. The van der Waals surface area contributed by atoms with Crippen LogP contribution in [0.3, 0.4) is 0 Å². The molecule has 1 unspecified atom stereocenters. The normalized spacial score (nSPS) is 14.6. The third kappa shape index (κ3) is 3.72. The second kappa shape index (κ2) is 7.66. The van der Waals surface area contributed by atoms with Gasteiger partial charge in [0.1, 0.15) is 11.6 Å². The summed E-state index contributed by atoms with van der Waals surface area (Å²) in [7, 11) is 0. The molecule has 1 atom stereocenters. The number of aryl methyl sites for hydroxylation is 2. The van der Waals surface area contributed by atoms with E-state index in [0.29, 0.717) is 23.7 Å². The summed E-state index contributed by atoms with van der Waals surface area (Å²) >= 11 is 0. The number of rotatable bonds is 6. The van der Waals surface area contributed by atoms with Crippen molar-refractivity contribution in [2.24, 2.45) is 0 Å². The van der Waals surface area contributed by atoms with Gasteiger partial charge >= 0.3 is 0 Å². The van der Waals surface area contributed by atoms with Crippen LogP contribution in [0.2, 0.25) is 0 Å². The molecule has 2 aromatic heterocycles. The molecule has 1 N–H and O–H groups in total. The first kappa shape index (κ1) is 19.1. The maximum Gasteiger partial charge on any atom is 0.264 e. The second-order valence-electron chi connectivity index (χ2n) is 7.55. The summed E-state index contributed by atoms with van der Waals surface area (Å²) in [6.07, 6.45) is 4.20. The molecule has 1 fully saturated rings. The van der Waals surface area contributed by atoms with Crippen LogP contribution in [-0.2, 0) is 4.79 Å². The second-order valence-corrected chi connectivity index (χ2v) is 7.55. The number of carbonyl (C=O) groups is 1. The molecule has 0 bridgehead atoms. The van der Waals surface area contributed by atoms with Crippen LogP contribution in [-0.4, -0.2) is 20.6 Å². The Morgan fingerprint density at radius 2 is 1.97 bits per heavy atom. The largest absolute Gasteiger partial charge is 0.334 e. The number of carbonyl (C=O) groups excluding carboxylic acids is 1. The summed E-state index contributed by atoms with van der Waals surface area (Å²) in [4.78, 5) is 30.5. The maximum atomic E-state index is 13.1. The number of pyridine rings is 1. The molecule has 0 saturated heterocycles. The number of amides is 1. The van der Waals surface area contributed by atoms with Crippen molar-refractivity contribution in [3.05, 3.63) is 63.8 Å². The number of benzene rings is 1. The lowest BCUT2D eigenvalue weighted by Gasteiger charge is -2.20. The Bertz CT molecular complexity index is 1090. The molecule has 1 aliphatic rings. The van der Waals surface area contributed by atoms with Gasteiger partial charge in [-0.05, 0) is 56.4 Å². The topological polar surface area (TPSA) is 90.0 Å². The van der Waals surface area contributed by atoms with Crippen molar-refractivity contribution >= 4 is 11.6 Å². The summed E-state index contributed by atoms with van der Waals surface area (Å²) in [5.41, 5.74) is 2.74. The van der Waals surface area contributed by atoms with E-state index in [9.17, 15) is 9.59 Å². The van der Waals surface area contributed by atoms with E-state index in [0.717, 1.165) is 29.7 Å². The Morgan fingerprint density at radius 1 is 1.24 bits per heavy atom. The Kier molecular flexibility index (Phi) is 5.05. The highest BCUT2D eigenvalue weighted by atomic mass is 16.5. The zero-order valence-electron chi connectivity index (χ0n) is 16.8. The van der Waals surface area contributed by atoms with Crippen LogP contribution < -0.4 is 10.9 Å². The van der Waals surface area contributed by atoms with Crippen LogP contribution in [0.4, 0.5) is 5.69 Å². The SMILES string of the molecule is CCC(C(=O)Nc1c(C)cccc1C)n1cccc(-c2nc(C3CC3)no2)c1=O. The van der Waals surface area contributed by atoms with Gasteiger partial charge in [-0.15, -0.1) is 0 Å². The fourth-order valence-corrected chi connectivity index (χ4v) is 3.50. The van der Waals surface area contributed by atoms with Gasteiger partial charge in [-0.25, -0.2) is 0 Å². The molecule has 29 heavy (non-hydrogen) atoms. The van der Waals surface area contributed by atoms with Crippen molar-refractivity contribution in [3.8, 4) is 11.5 Å². The van der Waals surface area contributed by atoms with Crippen LogP contribution in [0, 0.1) is 13.8 Å². The molecule has 1 amide bonds. The Hall–Kier alpha value is -3.22. The fraction of sp³-hybridized carbons (Fsp3) is 0.364. The molecule has 3 aromatic rings. The Morgan fingerprint density at radius 3 is 2.62 bits per heavy atom. The summed E-state index contributed by atoms with van der Waals surface area (Å²) < 4.78 is 6.76. The first-order chi connectivity index (χ1) is 14.0. The van der Waals surface area contributed by atoms with E-state index in [1.54, 1.807) is 18.3 Å². The molecule has 1 saturated carbocycles. The molecule has 1 aliphatic carbocycles. The summed E-state index contributed by atoms with van der Waals surface area (Å²) in [6, 6.07) is 8.58. The van der Waals surface area contributed by atoms with E-state index < -0.39 is 6.04 Å². The minimum absolute atomic E-state index is 0.205. The number of nitrogens with one attached hydrogen (secondary N) is 1. The fourth-order valence-electron chi connectivity index (χ4n) is 3.50. The van der Waals surface area contributed by atoms with Crippen molar-refractivity contribution in [1.29, 1.82) is 0 Å². The van der Waals surface area contributed by atoms with E-state index in [-0.39, 0.29) is 17.4 Å². The number of para-hydroxylation sites is 1. The van der Waals surface area contributed by atoms with E-state index in [1.807, 2.05) is 39.0 Å². The van der Waals surface area contributed by atoms with Crippen molar-refractivity contribution in [2.45, 2.75) is 52.0 Å². The first-order valence-electron chi connectivity index (χ1n) is 9.91. The summed E-state index contributed by atoms with van der Waals surface area (Å²) in [5.74, 6) is 0.962. The molecular weight excluding hydrogens is 368 g/mol. The Balaban J connectivity index is 1.65. The highest BCUT2D eigenvalue weighted by Gasteiger charge is 2.30. The summed E-state index contributed by atoms with van der Waals surface area (Å²) in [6.45, 7) is 5.78. The van der Waals surface area contributed by atoms with Crippen LogP contribution in [0.1, 0.15) is 55.1 Å². The van der Waals surface area contributed by atoms with E-state index in [2.05, 4.69) is 15.5 Å². The lowest BCUT2D eigenvalue weighted by atomic mass is 10.1. The van der Waals surface area contributed by atoms with Gasteiger partial charge in [0.15, 0.2) is 5.82 Å². The lowest BCUT2D eigenvalue weighted by Crippen LogP contribution is -2.33. The van der Waals surface area contributed by atoms with E-state index >= 15 is 0 Å². The van der Waals surface area contributed by atoms with Crippen molar-refractivity contribution in [3.63, 3.8) is 0 Å². The van der Waals surface area contributed by atoms with Crippen LogP contribution in [0.5, 0.6) is 0 Å². The molecule has 0 spiro atoms. The van der Waals surface area contributed by atoms with Gasteiger partial charge < -0.3 is 14.4 Å². The standard InChI is InChI=1S/C22H24N4O3/c1-4-17(20(27)23-18-13(2)7-5-8-14(18)3)26-12-6-9-16(22(26)28)21-24-19(25-29-21)15-10-11-15/h5-9,12,15,17H,4,10-11H2,1-3H3,(H,23,27). The van der Waals surface area contributed by atoms with Gasteiger partial charge in [0.25, 0.3) is 11.4 Å². The molecule has 1 aromatic carbocycles. The van der Waals surface area contributed by atoms with E-state index in [4.69, 9.17) is 4.52 Å². The van der Waals surface area contributed by atoms with Gasteiger partial charge in [0.05, 0.1) is 0 Å². The van der Waals surface area contributed by atoms with Crippen LogP contribution in [0.25, 0.3) is 11.5 Å². The van der Waals surface area contributed by atoms with Crippen molar-refractivity contribution < 1.29 is 9.32 Å². The number of nitrogens with zero attached hydrogens (tertiary/aromatic N) is 3. The van der Waals surface area contributed by atoms with Crippen LogP contribution in [0.15, 0.2) is 45.8 Å². The van der Waals surface area contributed by atoms with Crippen molar-refractivity contribution in [1.82, 2.24) is 14.7 Å². The zero-order chi connectivity index (χ0) is 20.5. The number of hydrogen-bond acceptors (Lipinski definition) is 5. The van der Waals surface area contributed by atoms with E-state index in [1.165, 1.54) is 4.57 Å². The number of aromatic nitrogens is 3. The highest BCUT2D eigenvalue weighted by molar-refractivity contribution is 5.95. The molecule has 2 heterocycles. The first-order valence-corrected chi connectivity index (χ1v) is 9.91. The molecule has 0 radical (unpaired) electrons. The number of anilines is 1. The Labute approximate surface area is 168 Å². The third-order valence-corrected chi connectivity index (χ3v) is 5.34. The average Bonchev–Trinajstić information content (AvgIpc) is 3.44. The van der Waals surface area contributed by atoms with Crippen molar-refractivity contribution in [2.75, 3.05) is 5.32 Å². The highest BCUT2D eigenvalue weighted by Crippen LogP contribution is 2.38. The molecule has 0 aliphatic heterocycles. The predicted octanol–water partition coefficient (Wildman–Crippen LogP) is 3.98.